The summed E-state index contributed by atoms with van der Waals surface area (Å²) in [6, 6.07) is 0. The third kappa shape index (κ3) is 4.64. The summed E-state index contributed by atoms with van der Waals surface area (Å²) in [5.41, 5.74) is 0. The van der Waals surface area contributed by atoms with Gasteiger partial charge >= 0.3 is 0 Å². The first-order valence-electron chi connectivity index (χ1n) is 7.68. The largest absolute Gasteiger partial charge is 0.342 e. The first-order valence-corrected chi connectivity index (χ1v) is 7.68. The lowest BCUT2D eigenvalue weighted by Gasteiger charge is -2.29. The molecule has 0 aromatic carbocycles. The van der Waals surface area contributed by atoms with Crippen LogP contribution in [0.4, 0.5) is 0 Å². The van der Waals surface area contributed by atoms with Crippen LogP contribution in [0.1, 0.15) is 46.0 Å². The molecule has 0 bridgehead atoms. The summed E-state index contributed by atoms with van der Waals surface area (Å²) in [4.78, 5) is 14.6. The highest BCUT2D eigenvalue weighted by Gasteiger charge is 2.28. The van der Waals surface area contributed by atoms with Gasteiger partial charge in [-0.3, -0.25) is 4.79 Å². The number of rotatable bonds is 2. The zero-order valence-electron chi connectivity index (χ0n) is 12.4. The summed E-state index contributed by atoms with van der Waals surface area (Å²) in [6.07, 6.45) is 5.91. The zero-order chi connectivity index (χ0) is 13.0. The van der Waals surface area contributed by atoms with Crippen LogP contribution in [0.3, 0.4) is 0 Å². The van der Waals surface area contributed by atoms with Crippen molar-refractivity contribution in [2.45, 2.75) is 46.0 Å². The van der Waals surface area contributed by atoms with E-state index in [9.17, 15) is 4.79 Å². The molecule has 2 heterocycles. The molecule has 2 atom stereocenters. The van der Waals surface area contributed by atoms with E-state index in [4.69, 9.17) is 0 Å². The van der Waals surface area contributed by atoms with Crippen molar-refractivity contribution < 1.29 is 4.79 Å². The molecule has 0 radical (unpaired) electrons. The third-order valence-electron chi connectivity index (χ3n) is 4.67. The SMILES string of the molecule is CC(C)C1CCCN(C(=O)[C@@H]2CCCNC2)CC1.Cl. The van der Waals surface area contributed by atoms with Crippen molar-refractivity contribution in [3.05, 3.63) is 0 Å². The molecule has 2 aliphatic heterocycles. The van der Waals surface area contributed by atoms with Gasteiger partial charge < -0.3 is 10.2 Å². The molecule has 1 unspecified atom stereocenters. The summed E-state index contributed by atoms with van der Waals surface area (Å²) in [6.45, 7) is 8.57. The normalized spacial score (nSPS) is 28.7. The van der Waals surface area contributed by atoms with Gasteiger partial charge in [0.1, 0.15) is 0 Å². The number of carbonyl (C=O) groups is 1. The van der Waals surface area contributed by atoms with Gasteiger partial charge in [-0.15, -0.1) is 12.4 Å². The van der Waals surface area contributed by atoms with Gasteiger partial charge in [-0.05, 0) is 50.5 Å². The van der Waals surface area contributed by atoms with Crippen molar-refractivity contribution in [1.82, 2.24) is 10.2 Å². The lowest BCUT2D eigenvalue weighted by molar-refractivity contribution is -0.136. The fourth-order valence-corrected chi connectivity index (χ4v) is 3.33. The van der Waals surface area contributed by atoms with Crippen LogP contribution in [-0.4, -0.2) is 37.0 Å². The lowest BCUT2D eigenvalue weighted by atomic mass is 9.89. The van der Waals surface area contributed by atoms with Gasteiger partial charge in [0, 0.05) is 19.6 Å². The molecule has 0 aliphatic carbocycles. The molecule has 0 aromatic rings. The second-order valence-electron chi connectivity index (χ2n) is 6.30. The molecule has 19 heavy (non-hydrogen) atoms. The smallest absolute Gasteiger partial charge is 0.226 e. The molecule has 4 heteroatoms. The van der Waals surface area contributed by atoms with Crippen molar-refractivity contribution in [3.8, 4) is 0 Å². The van der Waals surface area contributed by atoms with Crippen LogP contribution < -0.4 is 5.32 Å². The van der Waals surface area contributed by atoms with Crippen molar-refractivity contribution >= 4 is 18.3 Å². The maximum Gasteiger partial charge on any atom is 0.226 e. The quantitative estimate of drug-likeness (QED) is 0.847. The number of hydrogen-bond acceptors (Lipinski definition) is 2. The van der Waals surface area contributed by atoms with Gasteiger partial charge in [0.2, 0.25) is 5.91 Å². The van der Waals surface area contributed by atoms with Gasteiger partial charge in [0.05, 0.1) is 5.92 Å². The minimum atomic E-state index is 0. The molecule has 1 N–H and O–H groups in total. The van der Waals surface area contributed by atoms with E-state index in [2.05, 4.69) is 24.1 Å². The Bertz CT molecular complexity index is 277. The second kappa shape index (κ2) is 8.11. The van der Waals surface area contributed by atoms with E-state index in [0.717, 1.165) is 50.9 Å². The van der Waals surface area contributed by atoms with E-state index in [0.29, 0.717) is 5.91 Å². The highest BCUT2D eigenvalue weighted by molar-refractivity contribution is 5.85. The van der Waals surface area contributed by atoms with E-state index in [1.165, 1.54) is 19.3 Å². The van der Waals surface area contributed by atoms with E-state index < -0.39 is 0 Å². The minimum Gasteiger partial charge on any atom is -0.342 e. The average Bonchev–Trinajstić information content (AvgIpc) is 2.64. The maximum atomic E-state index is 12.5. The molecule has 1 amide bonds. The number of amides is 1. The van der Waals surface area contributed by atoms with E-state index in [1.807, 2.05) is 0 Å². The molecule has 2 rings (SSSR count). The van der Waals surface area contributed by atoms with Crippen LogP contribution in [0.25, 0.3) is 0 Å². The molecule has 112 valence electrons. The topological polar surface area (TPSA) is 32.3 Å². The van der Waals surface area contributed by atoms with Crippen LogP contribution >= 0.6 is 12.4 Å². The van der Waals surface area contributed by atoms with Gasteiger partial charge in [0.15, 0.2) is 0 Å². The Kier molecular flexibility index (Phi) is 7.16. The van der Waals surface area contributed by atoms with Crippen molar-refractivity contribution in [2.24, 2.45) is 17.8 Å². The molecule has 0 aromatic heterocycles. The molecular weight excluding hydrogens is 260 g/mol. The standard InChI is InChI=1S/C15H28N2O.ClH/c1-12(2)13-6-4-9-17(10-7-13)15(18)14-5-3-8-16-11-14;/h12-14,16H,3-11H2,1-2H3;1H/t13?,14-;/m1./s1. The molecule has 0 spiro atoms. The van der Waals surface area contributed by atoms with Gasteiger partial charge in [-0.25, -0.2) is 0 Å². The summed E-state index contributed by atoms with van der Waals surface area (Å²) >= 11 is 0. The monoisotopic (exact) mass is 288 g/mol. The fourth-order valence-electron chi connectivity index (χ4n) is 3.33. The Balaban J connectivity index is 0.00000180. The van der Waals surface area contributed by atoms with E-state index in [-0.39, 0.29) is 18.3 Å². The molecule has 0 saturated carbocycles. The van der Waals surface area contributed by atoms with E-state index >= 15 is 0 Å². The Morgan fingerprint density at radius 2 is 1.95 bits per heavy atom. The number of likely N-dealkylation sites (tertiary alicyclic amines) is 1. The minimum absolute atomic E-state index is 0. The highest BCUT2D eigenvalue weighted by Crippen LogP contribution is 2.25. The van der Waals surface area contributed by atoms with Gasteiger partial charge in [0.25, 0.3) is 0 Å². The summed E-state index contributed by atoms with van der Waals surface area (Å²) < 4.78 is 0. The summed E-state index contributed by atoms with van der Waals surface area (Å²) in [7, 11) is 0. The number of piperidine rings is 1. The maximum absolute atomic E-state index is 12.5. The van der Waals surface area contributed by atoms with Crippen molar-refractivity contribution in [3.63, 3.8) is 0 Å². The predicted octanol–water partition coefficient (Wildman–Crippen LogP) is 2.69. The van der Waals surface area contributed by atoms with Crippen LogP contribution in [0.15, 0.2) is 0 Å². The second-order valence-corrected chi connectivity index (χ2v) is 6.30. The fraction of sp³-hybridized carbons (Fsp3) is 0.933. The van der Waals surface area contributed by atoms with Gasteiger partial charge in [-0.1, -0.05) is 13.8 Å². The average molecular weight is 289 g/mol. The van der Waals surface area contributed by atoms with Crippen molar-refractivity contribution in [1.29, 1.82) is 0 Å². The molecule has 2 saturated heterocycles. The Morgan fingerprint density at radius 1 is 1.16 bits per heavy atom. The molecule has 2 fully saturated rings. The number of hydrogen-bond donors (Lipinski definition) is 1. The first-order chi connectivity index (χ1) is 8.68. The Labute approximate surface area is 123 Å². The number of nitrogens with one attached hydrogen (secondary N) is 1. The molecule has 2 aliphatic rings. The first kappa shape index (κ1) is 16.8. The van der Waals surface area contributed by atoms with Gasteiger partial charge in [-0.2, -0.15) is 0 Å². The summed E-state index contributed by atoms with van der Waals surface area (Å²) in [5, 5.41) is 3.35. The number of halogens is 1. The zero-order valence-corrected chi connectivity index (χ0v) is 13.2. The van der Waals surface area contributed by atoms with Crippen LogP contribution in [-0.2, 0) is 4.79 Å². The third-order valence-corrected chi connectivity index (χ3v) is 4.67. The summed E-state index contributed by atoms with van der Waals surface area (Å²) in [5.74, 6) is 2.23. The lowest BCUT2D eigenvalue weighted by Crippen LogP contribution is -2.43. The number of carbonyl (C=O) groups excluding carboxylic acids is 1. The Morgan fingerprint density at radius 3 is 2.58 bits per heavy atom. The van der Waals surface area contributed by atoms with Crippen LogP contribution in [0, 0.1) is 17.8 Å². The van der Waals surface area contributed by atoms with Crippen molar-refractivity contribution in [2.75, 3.05) is 26.2 Å². The van der Waals surface area contributed by atoms with Crippen LogP contribution in [0.2, 0.25) is 0 Å². The highest BCUT2D eigenvalue weighted by atomic mass is 35.5. The Hall–Kier alpha value is -0.280. The predicted molar refractivity (Wildman–Crippen MR) is 81.6 cm³/mol. The van der Waals surface area contributed by atoms with E-state index in [1.54, 1.807) is 0 Å². The number of nitrogens with zero attached hydrogens (tertiary/aromatic N) is 1. The molecular formula is C15H29ClN2O. The molecule has 3 nitrogen and oxygen atoms in total. The van der Waals surface area contributed by atoms with Crippen LogP contribution in [0.5, 0.6) is 0 Å².